The molecule has 4 rings (SSSR count). The van der Waals surface area contributed by atoms with Gasteiger partial charge in [-0.2, -0.15) is 5.26 Å². The molecular weight excluding hydrogens is 264 g/mol. The minimum absolute atomic E-state index is 0.122. The molecule has 0 spiro atoms. The van der Waals surface area contributed by atoms with Gasteiger partial charge in [-0.15, -0.1) is 0 Å². The van der Waals surface area contributed by atoms with E-state index in [1.807, 2.05) is 43.3 Å². The molecular formula is C17H14N2O2. The third kappa shape index (κ3) is 1.64. The van der Waals surface area contributed by atoms with Gasteiger partial charge in [0.2, 0.25) is 5.91 Å². The summed E-state index contributed by atoms with van der Waals surface area (Å²) in [7, 11) is 0. The fourth-order valence-corrected chi connectivity index (χ4v) is 3.58. The topological polar surface area (TPSA) is 62.1 Å². The Balaban J connectivity index is 2.01. The molecule has 3 atom stereocenters. The number of benzene rings is 2. The van der Waals surface area contributed by atoms with Crippen molar-refractivity contribution in [2.75, 3.05) is 0 Å². The summed E-state index contributed by atoms with van der Waals surface area (Å²) in [5, 5.41) is 14.4. The lowest BCUT2D eigenvalue weighted by atomic mass is 9.74. The zero-order valence-corrected chi connectivity index (χ0v) is 11.6. The number of ether oxygens (including phenoxy) is 1. The Labute approximate surface area is 122 Å². The molecule has 0 aromatic heterocycles. The fourth-order valence-electron chi connectivity index (χ4n) is 3.58. The molecule has 2 unspecified atom stereocenters. The van der Waals surface area contributed by atoms with E-state index in [1.54, 1.807) is 0 Å². The van der Waals surface area contributed by atoms with Crippen molar-refractivity contribution in [2.45, 2.75) is 25.0 Å². The van der Waals surface area contributed by atoms with E-state index >= 15 is 0 Å². The standard InChI is InChI=1S/C17H14N2O2/c1-17-8-12(13(9-18)16(20)19-17)15-11-5-3-2-4-10(11)6-7-14(15)21-17/h2-7,12-13H,8H2,1H3,(H,19,20)/t12?,13?,17-/m1/s1. The van der Waals surface area contributed by atoms with Crippen LogP contribution in [0.25, 0.3) is 10.8 Å². The average molecular weight is 278 g/mol. The van der Waals surface area contributed by atoms with E-state index in [0.29, 0.717) is 6.42 Å². The highest BCUT2D eigenvalue weighted by Gasteiger charge is 2.49. The Morgan fingerprint density at radius 2 is 2.14 bits per heavy atom. The molecule has 2 aliphatic heterocycles. The van der Waals surface area contributed by atoms with Crippen molar-refractivity contribution in [3.63, 3.8) is 0 Å². The summed E-state index contributed by atoms with van der Waals surface area (Å²) in [5.74, 6) is -0.252. The number of fused-ring (bicyclic) bond motifs is 6. The van der Waals surface area contributed by atoms with Gasteiger partial charge in [0.1, 0.15) is 11.7 Å². The van der Waals surface area contributed by atoms with Crippen LogP contribution in [0.2, 0.25) is 0 Å². The lowest BCUT2D eigenvalue weighted by Crippen LogP contribution is -2.60. The average Bonchev–Trinajstić information content (AvgIpc) is 2.46. The van der Waals surface area contributed by atoms with E-state index < -0.39 is 11.6 Å². The number of piperidine rings is 1. The number of nitrogens with zero attached hydrogens (tertiary/aromatic N) is 1. The van der Waals surface area contributed by atoms with Crippen LogP contribution in [-0.2, 0) is 4.79 Å². The zero-order chi connectivity index (χ0) is 14.6. The molecule has 4 heteroatoms. The maximum Gasteiger partial charge on any atom is 0.240 e. The highest BCUT2D eigenvalue weighted by molar-refractivity contribution is 5.91. The summed E-state index contributed by atoms with van der Waals surface area (Å²) in [6, 6.07) is 14.1. The molecule has 2 aromatic rings. The first kappa shape index (κ1) is 12.2. The summed E-state index contributed by atoms with van der Waals surface area (Å²) < 4.78 is 6.02. The van der Waals surface area contributed by atoms with E-state index in [9.17, 15) is 10.1 Å². The Morgan fingerprint density at radius 3 is 2.95 bits per heavy atom. The minimum Gasteiger partial charge on any atom is -0.468 e. The van der Waals surface area contributed by atoms with Crippen molar-refractivity contribution in [3.05, 3.63) is 42.0 Å². The lowest BCUT2D eigenvalue weighted by molar-refractivity contribution is -0.136. The van der Waals surface area contributed by atoms with Crippen molar-refractivity contribution in [2.24, 2.45) is 5.92 Å². The molecule has 0 saturated carbocycles. The van der Waals surface area contributed by atoms with E-state index in [2.05, 4.69) is 11.4 Å². The quantitative estimate of drug-likeness (QED) is 0.806. The number of carbonyl (C=O) groups is 1. The van der Waals surface area contributed by atoms with Gasteiger partial charge in [-0.1, -0.05) is 30.3 Å². The van der Waals surface area contributed by atoms with Gasteiger partial charge in [-0.05, 0) is 23.8 Å². The van der Waals surface area contributed by atoms with E-state index in [1.165, 1.54) is 0 Å². The molecule has 2 aliphatic rings. The van der Waals surface area contributed by atoms with Crippen LogP contribution in [0.15, 0.2) is 36.4 Å². The van der Waals surface area contributed by atoms with Crippen LogP contribution in [0.4, 0.5) is 0 Å². The second-order valence-corrected chi connectivity index (χ2v) is 5.94. The van der Waals surface area contributed by atoms with Crippen molar-refractivity contribution in [1.82, 2.24) is 5.32 Å². The lowest BCUT2D eigenvalue weighted by Gasteiger charge is -2.46. The van der Waals surface area contributed by atoms with Crippen LogP contribution in [0.5, 0.6) is 5.75 Å². The van der Waals surface area contributed by atoms with Crippen molar-refractivity contribution in [3.8, 4) is 11.8 Å². The first-order valence-corrected chi connectivity index (χ1v) is 7.04. The third-order valence-corrected chi connectivity index (χ3v) is 4.46. The molecule has 0 radical (unpaired) electrons. The molecule has 21 heavy (non-hydrogen) atoms. The summed E-state index contributed by atoms with van der Waals surface area (Å²) in [4.78, 5) is 12.2. The Kier molecular flexibility index (Phi) is 2.32. The first-order chi connectivity index (χ1) is 10.1. The molecule has 0 aliphatic carbocycles. The van der Waals surface area contributed by atoms with Gasteiger partial charge in [-0.3, -0.25) is 4.79 Å². The number of hydrogen-bond donors (Lipinski definition) is 1. The largest absolute Gasteiger partial charge is 0.468 e. The van der Waals surface area contributed by atoms with Gasteiger partial charge < -0.3 is 10.1 Å². The highest BCUT2D eigenvalue weighted by atomic mass is 16.5. The summed E-state index contributed by atoms with van der Waals surface area (Å²) in [6.07, 6.45) is 0.623. The SMILES string of the molecule is C[C@]12CC(c3c(ccc4ccccc34)O1)C(C#N)C(=O)N2. The molecule has 1 fully saturated rings. The van der Waals surface area contributed by atoms with Gasteiger partial charge in [0.25, 0.3) is 0 Å². The van der Waals surface area contributed by atoms with Crippen LogP contribution in [-0.4, -0.2) is 11.6 Å². The van der Waals surface area contributed by atoms with Crippen molar-refractivity contribution >= 4 is 16.7 Å². The number of nitrogens with one attached hydrogen (secondary N) is 1. The fraction of sp³-hybridized carbons (Fsp3) is 0.294. The van der Waals surface area contributed by atoms with Gasteiger partial charge in [0.15, 0.2) is 5.72 Å². The molecule has 2 aromatic carbocycles. The van der Waals surface area contributed by atoms with Crippen LogP contribution in [0, 0.1) is 17.2 Å². The Hall–Kier alpha value is -2.54. The molecule has 2 heterocycles. The smallest absolute Gasteiger partial charge is 0.240 e. The second-order valence-electron chi connectivity index (χ2n) is 5.94. The van der Waals surface area contributed by atoms with Gasteiger partial charge in [-0.25, -0.2) is 0 Å². The summed E-state index contributed by atoms with van der Waals surface area (Å²) in [6.45, 7) is 1.86. The van der Waals surface area contributed by atoms with E-state index in [4.69, 9.17) is 4.74 Å². The Morgan fingerprint density at radius 1 is 1.33 bits per heavy atom. The number of rotatable bonds is 0. The van der Waals surface area contributed by atoms with E-state index in [0.717, 1.165) is 22.1 Å². The molecule has 4 nitrogen and oxygen atoms in total. The summed E-state index contributed by atoms with van der Waals surface area (Å²) in [5.41, 5.74) is 0.275. The van der Waals surface area contributed by atoms with Crippen molar-refractivity contribution in [1.29, 1.82) is 5.26 Å². The minimum atomic E-state index is -0.718. The predicted octanol–water partition coefficient (Wildman–Crippen LogP) is 2.69. The molecule has 2 bridgehead atoms. The van der Waals surface area contributed by atoms with Crippen LogP contribution >= 0.6 is 0 Å². The number of hydrogen-bond acceptors (Lipinski definition) is 3. The second kappa shape index (κ2) is 3.98. The molecule has 104 valence electrons. The monoisotopic (exact) mass is 278 g/mol. The van der Waals surface area contributed by atoms with Crippen molar-refractivity contribution < 1.29 is 9.53 Å². The normalized spacial score (nSPS) is 30.0. The van der Waals surface area contributed by atoms with Gasteiger partial charge in [0, 0.05) is 17.9 Å². The van der Waals surface area contributed by atoms with Gasteiger partial charge >= 0.3 is 0 Å². The summed E-state index contributed by atoms with van der Waals surface area (Å²) >= 11 is 0. The van der Waals surface area contributed by atoms with Crippen LogP contribution in [0.1, 0.15) is 24.8 Å². The number of carbonyl (C=O) groups excluding carboxylic acids is 1. The predicted molar refractivity (Wildman–Crippen MR) is 77.6 cm³/mol. The maximum atomic E-state index is 12.2. The molecule has 1 N–H and O–H groups in total. The van der Waals surface area contributed by atoms with Crippen LogP contribution in [0.3, 0.4) is 0 Å². The number of nitriles is 1. The highest BCUT2D eigenvalue weighted by Crippen LogP contribution is 2.49. The van der Waals surface area contributed by atoms with Crippen LogP contribution < -0.4 is 10.1 Å². The third-order valence-electron chi connectivity index (χ3n) is 4.46. The maximum absolute atomic E-state index is 12.2. The molecule has 1 saturated heterocycles. The Bertz CT molecular complexity index is 808. The first-order valence-electron chi connectivity index (χ1n) is 7.04. The van der Waals surface area contributed by atoms with Gasteiger partial charge in [0.05, 0.1) is 6.07 Å². The number of amides is 1. The van der Waals surface area contributed by atoms with E-state index in [-0.39, 0.29) is 11.8 Å². The zero-order valence-electron chi connectivity index (χ0n) is 11.6. The molecule has 1 amide bonds.